The Morgan fingerprint density at radius 3 is 2.42 bits per heavy atom. The fraction of sp³-hybridized carbons (Fsp3) is 0.136. The van der Waals surface area contributed by atoms with Gasteiger partial charge in [-0.3, -0.25) is 4.79 Å². The van der Waals surface area contributed by atoms with Crippen LogP contribution in [-0.4, -0.2) is 13.0 Å². The van der Waals surface area contributed by atoms with Gasteiger partial charge in [-0.2, -0.15) is 0 Å². The molecule has 4 nitrogen and oxygen atoms in total. The highest BCUT2D eigenvalue weighted by molar-refractivity contribution is 5.94. The molecule has 4 heteroatoms. The van der Waals surface area contributed by atoms with E-state index in [9.17, 15) is 4.79 Å². The topological polar surface area (TPSA) is 64.3 Å². The van der Waals surface area contributed by atoms with Crippen molar-refractivity contribution in [2.75, 3.05) is 12.4 Å². The molecule has 0 saturated carbocycles. The number of ether oxygens (including phenoxy) is 1. The molecule has 0 aliphatic rings. The SMILES string of the molecule is COc1cc(-c2ccccc2)ccc1CNc1ccc(C(N)=O)c(C)c1. The van der Waals surface area contributed by atoms with E-state index in [4.69, 9.17) is 10.5 Å². The van der Waals surface area contributed by atoms with Gasteiger partial charge >= 0.3 is 0 Å². The molecular weight excluding hydrogens is 324 g/mol. The Morgan fingerprint density at radius 1 is 1.00 bits per heavy atom. The molecule has 0 saturated heterocycles. The molecule has 132 valence electrons. The molecule has 3 aromatic rings. The van der Waals surface area contributed by atoms with Gasteiger partial charge in [-0.05, 0) is 47.9 Å². The molecule has 0 atom stereocenters. The fourth-order valence-electron chi connectivity index (χ4n) is 2.95. The zero-order valence-electron chi connectivity index (χ0n) is 15.0. The molecule has 0 spiro atoms. The summed E-state index contributed by atoms with van der Waals surface area (Å²) in [6, 6.07) is 21.9. The van der Waals surface area contributed by atoms with E-state index in [1.807, 2.05) is 43.3 Å². The van der Waals surface area contributed by atoms with Gasteiger partial charge in [0.15, 0.2) is 0 Å². The normalized spacial score (nSPS) is 10.4. The summed E-state index contributed by atoms with van der Waals surface area (Å²) < 4.78 is 5.57. The molecule has 1 amide bonds. The lowest BCUT2D eigenvalue weighted by atomic mass is 10.0. The highest BCUT2D eigenvalue weighted by atomic mass is 16.5. The number of methoxy groups -OCH3 is 1. The lowest BCUT2D eigenvalue weighted by Gasteiger charge is -2.13. The van der Waals surface area contributed by atoms with E-state index in [2.05, 4.69) is 29.6 Å². The average Bonchev–Trinajstić information content (AvgIpc) is 2.66. The summed E-state index contributed by atoms with van der Waals surface area (Å²) in [4.78, 5) is 11.3. The van der Waals surface area contributed by atoms with Gasteiger partial charge in [0, 0.05) is 23.4 Å². The number of hydrogen-bond acceptors (Lipinski definition) is 3. The number of nitrogens with two attached hydrogens (primary N) is 1. The lowest BCUT2D eigenvalue weighted by molar-refractivity contribution is 0.0999. The molecule has 3 rings (SSSR count). The summed E-state index contributed by atoms with van der Waals surface area (Å²) in [7, 11) is 1.68. The van der Waals surface area contributed by atoms with E-state index >= 15 is 0 Å². The predicted octanol–water partition coefficient (Wildman–Crippen LogP) is 4.38. The minimum absolute atomic E-state index is 0.410. The Balaban J connectivity index is 1.78. The van der Waals surface area contributed by atoms with Crippen molar-refractivity contribution >= 4 is 11.6 Å². The number of carbonyl (C=O) groups is 1. The summed E-state index contributed by atoms with van der Waals surface area (Å²) in [5.74, 6) is 0.427. The number of benzene rings is 3. The number of rotatable bonds is 6. The summed E-state index contributed by atoms with van der Waals surface area (Å²) in [5.41, 5.74) is 11.0. The Morgan fingerprint density at radius 2 is 1.77 bits per heavy atom. The summed E-state index contributed by atoms with van der Waals surface area (Å²) in [6.45, 7) is 2.49. The maximum Gasteiger partial charge on any atom is 0.248 e. The van der Waals surface area contributed by atoms with Crippen molar-refractivity contribution in [2.24, 2.45) is 5.73 Å². The molecule has 0 heterocycles. The van der Waals surface area contributed by atoms with E-state index in [-0.39, 0.29) is 0 Å². The molecule has 26 heavy (non-hydrogen) atoms. The quantitative estimate of drug-likeness (QED) is 0.696. The van der Waals surface area contributed by atoms with Crippen LogP contribution in [0.15, 0.2) is 66.7 Å². The zero-order chi connectivity index (χ0) is 18.5. The van der Waals surface area contributed by atoms with Gasteiger partial charge in [0.2, 0.25) is 5.91 Å². The Hall–Kier alpha value is -3.27. The van der Waals surface area contributed by atoms with Crippen LogP contribution in [0.25, 0.3) is 11.1 Å². The third-order valence-corrected chi connectivity index (χ3v) is 4.37. The number of amides is 1. The standard InChI is InChI=1S/C22H22N2O2/c1-15-12-19(10-11-20(15)22(23)25)24-14-18-9-8-17(13-21(18)26-2)16-6-4-3-5-7-16/h3-13,24H,14H2,1-2H3,(H2,23,25). The lowest BCUT2D eigenvalue weighted by Crippen LogP contribution is -2.12. The predicted molar refractivity (Wildman–Crippen MR) is 105 cm³/mol. The van der Waals surface area contributed by atoms with E-state index in [0.29, 0.717) is 12.1 Å². The number of hydrogen-bond donors (Lipinski definition) is 2. The van der Waals surface area contributed by atoms with E-state index in [0.717, 1.165) is 33.7 Å². The monoisotopic (exact) mass is 346 g/mol. The molecule has 0 radical (unpaired) electrons. The number of anilines is 1. The van der Waals surface area contributed by atoms with Gasteiger partial charge < -0.3 is 15.8 Å². The molecule has 3 N–H and O–H groups in total. The summed E-state index contributed by atoms with van der Waals surface area (Å²) in [6.07, 6.45) is 0. The first kappa shape index (κ1) is 17.5. The average molecular weight is 346 g/mol. The Kier molecular flexibility index (Phi) is 5.23. The third-order valence-electron chi connectivity index (χ3n) is 4.37. The van der Waals surface area contributed by atoms with Crippen molar-refractivity contribution in [2.45, 2.75) is 13.5 Å². The summed E-state index contributed by atoms with van der Waals surface area (Å²) >= 11 is 0. The molecule has 0 unspecified atom stereocenters. The van der Waals surface area contributed by atoms with Crippen LogP contribution in [0.1, 0.15) is 21.5 Å². The maximum atomic E-state index is 11.3. The highest BCUT2D eigenvalue weighted by Gasteiger charge is 2.08. The van der Waals surface area contributed by atoms with Crippen LogP contribution >= 0.6 is 0 Å². The molecule has 0 aromatic heterocycles. The van der Waals surface area contributed by atoms with Gasteiger partial charge in [0.1, 0.15) is 5.75 Å². The van der Waals surface area contributed by atoms with Crippen LogP contribution < -0.4 is 15.8 Å². The van der Waals surface area contributed by atoms with Crippen LogP contribution in [0.5, 0.6) is 5.75 Å². The second kappa shape index (κ2) is 7.74. The molecule has 0 aliphatic heterocycles. The summed E-state index contributed by atoms with van der Waals surface area (Å²) in [5, 5.41) is 3.37. The number of carbonyl (C=O) groups excluding carboxylic acids is 1. The molecule has 0 aliphatic carbocycles. The first-order valence-corrected chi connectivity index (χ1v) is 8.45. The minimum atomic E-state index is -0.410. The Bertz CT molecular complexity index is 921. The van der Waals surface area contributed by atoms with Gasteiger partial charge in [-0.15, -0.1) is 0 Å². The Labute approximate surface area is 153 Å². The molecule has 0 bridgehead atoms. The largest absolute Gasteiger partial charge is 0.496 e. The van der Waals surface area contributed by atoms with Crippen LogP contribution in [0.3, 0.4) is 0 Å². The van der Waals surface area contributed by atoms with Gasteiger partial charge in [0.05, 0.1) is 7.11 Å². The fourth-order valence-corrected chi connectivity index (χ4v) is 2.95. The molecular formula is C22H22N2O2. The second-order valence-corrected chi connectivity index (χ2v) is 6.14. The number of aryl methyl sites for hydroxylation is 1. The first-order valence-electron chi connectivity index (χ1n) is 8.45. The van der Waals surface area contributed by atoms with Crippen molar-refractivity contribution in [3.8, 4) is 16.9 Å². The molecule has 0 fully saturated rings. The van der Waals surface area contributed by atoms with Crippen LogP contribution in [0, 0.1) is 6.92 Å². The van der Waals surface area contributed by atoms with Gasteiger partial charge in [-0.1, -0.05) is 42.5 Å². The van der Waals surface area contributed by atoms with E-state index < -0.39 is 5.91 Å². The van der Waals surface area contributed by atoms with Crippen molar-refractivity contribution in [1.29, 1.82) is 0 Å². The van der Waals surface area contributed by atoms with E-state index in [1.165, 1.54) is 0 Å². The van der Waals surface area contributed by atoms with Crippen molar-refractivity contribution < 1.29 is 9.53 Å². The second-order valence-electron chi connectivity index (χ2n) is 6.14. The minimum Gasteiger partial charge on any atom is -0.496 e. The van der Waals surface area contributed by atoms with Crippen LogP contribution in [0.4, 0.5) is 5.69 Å². The number of nitrogens with one attached hydrogen (secondary N) is 1. The zero-order valence-corrected chi connectivity index (χ0v) is 15.0. The van der Waals surface area contributed by atoms with Crippen molar-refractivity contribution in [3.63, 3.8) is 0 Å². The molecule has 3 aromatic carbocycles. The highest BCUT2D eigenvalue weighted by Crippen LogP contribution is 2.28. The van der Waals surface area contributed by atoms with Gasteiger partial charge in [-0.25, -0.2) is 0 Å². The first-order chi connectivity index (χ1) is 12.6. The number of primary amides is 1. The maximum absolute atomic E-state index is 11.3. The van der Waals surface area contributed by atoms with Crippen molar-refractivity contribution in [1.82, 2.24) is 0 Å². The van der Waals surface area contributed by atoms with Crippen LogP contribution in [0.2, 0.25) is 0 Å². The third kappa shape index (κ3) is 3.86. The van der Waals surface area contributed by atoms with Gasteiger partial charge in [0.25, 0.3) is 0 Å². The smallest absolute Gasteiger partial charge is 0.248 e. The van der Waals surface area contributed by atoms with Crippen molar-refractivity contribution in [3.05, 3.63) is 83.4 Å². The van der Waals surface area contributed by atoms with Crippen LogP contribution in [-0.2, 0) is 6.54 Å². The van der Waals surface area contributed by atoms with E-state index in [1.54, 1.807) is 13.2 Å².